The zero-order valence-corrected chi connectivity index (χ0v) is 17.8. The summed E-state index contributed by atoms with van der Waals surface area (Å²) in [5.41, 5.74) is 2.37. The normalized spacial score (nSPS) is 15.7. The maximum Gasteiger partial charge on any atom is 0.296 e. The third-order valence-electron chi connectivity index (χ3n) is 5.65. The molecular formula is C25H19ClN2O3. The smallest absolute Gasteiger partial charge is 0.296 e. The highest BCUT2D eigenvalue weighted by molar-refractivity contribution is 6.31. The summed E-state index contributed by atoms with van der Waals surface area (Å²) < 4.78 is 5.94. The molecule has 0 fully saturated rings. The van der Waals surface area contributed by atoms with Gasteiger partial charge in [-0.25, -0.2) is 4.98 Å². The highest BCUT2D eigenvalue weighted by atomic mass is 35.5. The van der Waals surface area contributed by atoms with Crippen LogP contribution in [0.5, 0.6) is 0 Å². The molecule has 0 saturated heterocycles. The average Bonchev–Trinajstić information content (AvgIpc) is 3.07. The Bertz CT molecular complexity index is 1360. The lowest BCUT2D eigenvalue weighted by Crippen LogP contribution is -2.30. The van der Waals surface area contributed by atoms with Gasteiger partial charge < -0.3 is 4.42 Å². The van der Waals surface area contributed by atoms with Crippen molar-refractivity contribution in [3.8, 4) is 0 Å². The van der Waals surface area contributed by atoms with Crippen molar-refractivity contribution in [3.63, 3.8) is 0 Å². The van der Waals surface area contributed by atoms with Gasteiger partial charge in [-0.05, 0) is 47.4 Å². The lowest BCUT2D eigenvalue weighted by molar-refractivity contribution is 0.0970. The van der Waals surface area contributed by atoms with Crippen LogP contribution in [0.3, 0.4) is 0 Å². The second-order valence-corrected chi connectivity index (χ2v) is 8.34. The predicted octanol–water partition coefficient (Wildman–Crippen LogP) is 5.71. The van der Waals surface area contributed by atoms with Crippen LogP contribution in [-0.4, -0.2) is 10.9 Å². The Morgan fingerprint density at radius 1 is 1.03 bits per heavy atom. The van der Waals surface area contributed by atoms with Crippen molar-refractivity contribution in [2.45, 2.75) is 25.8 Å². The van der Waals surface area contributed by atoms with Crippen molar-refractivity contribution in [2.24, 2.45) is 0 Å². The lowest BCUT2D eigenvalue weighted by atomic mass is 9.95. The number of fused-ring (bicyclic) bond motifs is 2. The zero-order chi connectivity index (χ0) is 21.7. The fraction of sp³-hybridized carbons (Fsp3) is 0.160. The van der Waals surface area contributed by atoms with Gasteiger partial charge in [-0.3, -0.25) is 14.5 Å². The van der Waals surface area contributed by atoms with Gasteiger partial charge in [0.15, 0.2) is 5.43 Å². The van der Waals surface area contributed by atoms with Gasteiger partial charge in [0.2, 0.25) is 5.76 Å². The Morgan fingerprint density at radius 2 is 1.81 bits per heavy atom. The molecule has 5 rings (SSSR count). The number of pyridine rings is 1. The number of anilines is 1. The van der Waals surface area contributed by atoms with Crippen LogP contribution in [0.1, 0.15) is 53.1 Å². The number of rotatable bonds is 3. The number of amides is 1. The molecule has 1 atom stereocenters. The van der Waals surface area contributed by atoms with Crippen molar-refractivity contribution in [1.29, 1.82) is 0 Å². The van der Waals surface area contributed by atoms with Crippen LogP contribution in [0.4, 0.5) is 5.82 Å². The third kappa shape index (κ3) is 3.13. The molecule has 0 bridgehead atoms. The summed E-state index contributed by atoms with van der Waals surface area (Å²) in [5, 5.41) is 0.786. The second-order valence-electron chi connectivity index (χ2n) is 7.90. The molecule has 5 nitrogen and oxygen atoms in total. The Hall–Kier alpha value is -3.44. The maximum absolute atomic E-state index is 13.5. The first-order chi connectivity index (χ1) is 15.0. The van der Waals surface area contributed by atoms with Crippen molar-refractivity contribution in [1.82, 2.24) is 4.98 Å². The molecule has 0 saturated carbocycles. The van der Waals surface area contributed by atoms with Gasteiger partial charge in [0, 0.05) is 11.2 Å². The van der Waals surface area contributed by atoms with E-state index in [9.17, 15) is 9.59 Å². The monoisotopic (exact) mass is 430 g/mol. The molecule has 31 heavy (non-hydrogen) atoms. The molecule has 2 aromatic carbocycles. The molecule has 1 aliphatic heterocycles. The van der Waals surface area contributed by atoms with E-state index in [1.807, 2.05) is 30.3 Å². The zero-order valence-electron chi connectivity index (χ0n) is 17.0. The quantitative estimate of drug-likeness (QED) is 0.417. The summed E-state index contributed by atoms with van der Waals surface area (Å²) in [7, 11) is 0. The highest BCUT2D eigenvalue weighted by Gasteiger charge is 2.44. The minimum atomic E-state index is -0.641. The first-order valence-corrected chi connectivity index (χ1v) is 10.4. The molecule has 6 heteroatoms. The van der Waals surface area contributed by atoms with Gasteiger partial charge in [-0.1, -0.05) is 55.8 Å². The summed E-state index contributed by atoms with van der Waals surface area (Å²) in [5.74, 6) is 0.483. The van der Waals surface area contributed by atoms with E-state index in [4.69, 9.17) is 16.0 Å². The molecule has 154 valence electrons. The van der Waals surface area contributed by atoms with E-state index in [1.165, 1.54) is 10.5 Å². The Morgan fingerprint density at radius 3 is 2.48 bits per heavy atom. The van der Waals surface area contributed by atoms with Crippen LogP contribution < -0.4 is 10.3 Å². The average molecular weight is 431 g/mol. The first kappa shape index (κ1) is 19.5. The predicted molar refractivity (Wildman–Crippen MR) is 121 cm³/mol. The van der Waals surface area contributed by atoms with E-state index < -0.39 is 6.04 Å². The minimum absolute atomic E-state index is 0.0448. The van der Waals surface area contributed by atoms with Gasteiger partial charge >= 0.3 is 0 Å². The van der Waals surface area contributed by atoms with Crippen LogP contribution >= 0.6 is 11.6 Å². The van der Waals surface area contributed by atoms with E-state index in [-0.39, 0.29) is 17.1 Å². The van der Waals surface area contributed by atoms with E-state index >= 15 is 0 Å². The molecular weight excluding hydrogens is 412 g/mol. The SMILES string of the molecule is CC(C)c1ccc([C@H]2c3c(oc4ccc(Cl)cc4c3=O)C(=O)N2c2ccccn2)cc1. The van der Waals surface area contributed by atoms with Crippen molar-refractivity contribution < 1.29 is 9.21 Å². The molecule has 1 amide bonds. The first-order valence-electron chi connectivity index (χ1n) is 10.1. The molecule has 2 aromatic heterocycles. The topological polar surface area (TPSA) is 63.4 Å². The molecule has 3 heterocycles. The fourth-order valence-electron chi connectivity index (χ4n) is 4.06. The lowest BCUT2D eigenvalue weighted by Gasteiger charge is -2.24. The van der Waals surface area contributed by atoms with Gasteiger partial charge in [0.1, 0.15) is 11.4 Å². The number of halogens is 1. The molecule has 0 spiro atoms. The Kier molecular flexibility index (Phi) is 4.63. The molecule has 0 unspecified atom stereocenters. The summed E-state index contributed by atoms with van der Waals surface area (Å²) in [6.07, 6.45) is 1.62. The number of hydrogen-bond donors (Lipinski definition) is 0. The second kappa shape index (κ2) is 7.36. The molecule has 4 aromatic rings. The van der Waals surface area contributed by atoms with Gasteiger partial charge in [0.05, 0.1) is 17.0 Å². The number of carbonyl (C=O) groups is 1. The van der Waals surface area contributed by atoms with Crippen LogP contribution in [-0.2, 0) is 0 Å². The van der Waals surface area contributed by atoms with Gasteiger partial charge in [-0.2, -0.15) is 0 Å². The van der Waals surface area contributed by atoms with Crippen LogP contribution in [0.25, 0.3) is 11.0 Å². The number of hydrogen-bond acceptors (Lipinski definition) is 4. The highest BCUT2D eigenvalue weighted by Crippen LogP contribution is 2.40. The molecule has 1 aliphatic rings. The van der Waals surface area contributed by atoms with E-state index in [2.05, 4.69) is 18.8 Å². The summed E-state index contributed by atoms with van der Waals surface area (Å²) >= 11 is 6.13. The van der Waals surface area contributed by atoms with E-state index in [1.54, 1.807) is 36.5 Å². The van der Waals surface area contributed by atoms with Crippen LogP contribution in [0.2, 0.25) is 5.02 Å². The molecule has 0 aliphatic carbocycles. The fourth-order valence-corrected chi connectivity index (χ4v) is 4.23. The number of carbonyl (C=O) groups excluding carboxylic acids is 1. The number of aromatic nitrogens is 1. The number of benzene rings is 2. The standard InChI is InChI=1S/C25H19ClN2O3/c1-14(2)15-6-8-16(9-7-15)22-21-23(29)18-13-17(26)10-11-19(18)31-24(21)25(30)28(22)20-5-3-4-12-27-20/h3-14,22H,1-2H3/t22-/m0/s1. The van der Waals surface area contributed by atoms with Crippen molar-refractivity contribution in [3.05, 3.63) is 105 Å². The van der Waals surface area contributed by atoms with Crippen molar-refractivity contribution >= 4 is 34.3 Å². The molecule has 0 N–H and O–H groups in total. The third-order valence-corrected chi connectivity index (χ3v) is 5.88. The summed E-state index contributed by atoms with van der Waals surface area (Å²) in [6, 6.07) is 17.5. The minimum Gasteiger partial charge on any atom is -0.450 e. The van der Waals surface area contributed by atoms with Gasteiger partial charge in [-0.15, -0.1) is 0 Å². The van der Waals surface area contributed by atoms with E-state index in [0.29, 0.717) is 33.3 Å². The number of nitrogens with zero attached hydrogens (tertiary/aromatic N) is 2. The van der Waals surface area contributed by atoms with Gasteiger partial charge in [0.25, 0.3) is 5.91 Å². The van der Waals surface area contributed by atoms with Crippen molar-refractivity contribution in [2.75, 3.05) is 4.90 Å². The Labute approximate surface area is 183 Å². The summed E-state index contributed by atoms with van der Waals surface area (Å²) in [4.78, 5) is 32.9. The van der Waals surface area contributed by atoms with Crippen LogP contribution in [0.15, 0.2) is 76.1 Å². The largest absolute Gasteiger partial charge is 0.450 e. The summed E-state index contributed by atoms with van der Waals surface area (Å²) in [6.45, 7) is 4.24. The van der Waals surface area contributed by atoms with E-state index in [0.717, 1.165) is 5.56 Å². The molecule has 0 radical (unpaired) electrons. The van der Waals surface area contributed by atoms with Crippen LogP contribution in [0, 0.1) is 0 Å². The maximum atomic E-state index is 13.5. The Balaban J connectivity index is 1.78.